The van der Waals surface area contributed by atoms with Gasteiger partial charge in [0.15, 0.2) is 9.84 Å². The minimum atomic E-state index is -3.75. The molecule has 1 aromatic carbocycles. The summed E-state index contributed by atoms with van der Waals surface area (Å²) in [5, 5.41) is 9.99. The molecule has 1 amide bonds. The van der Waals surface area contributed by atoms with Crippen LogP contribution in [0.3, 0.4) is 0 Å². The molecule has 0 bridgehead atoms. The van der Waals surface area contributed by atoms with Gasteiger partial charge in [0.2, 0.25) is 5.91 Å². The van der Waals surface area contributed by atoms with Gasteiger partial charge in [-0.3, -0.25) is 9.59 Å². The number of hydrogen-bond acceptors (Lipinski definition) is 4. The summed E-state index contributed by atoms with van der Waals surface area (Å²) in [5.74, 6) is -2.54. The van der Waals surface area contributed by atoms with Gasteiger partial charge in [0.25, 0.3) is 0 Å². The molecule has 1 unspecified atom stereocenters. The molecule has 0 heterocycles. The third-order valence-corrected chi connectivity index (χ3v) is 4.80. The van der Waals surface area contributed by atoms with E-state index in [0.717, 1.165) is 5.56 Å². The Morgan fingerprint density at radius 2 is 1.85 bits per heavy atom. The molecule has 6 nitrogen and oxygen atoms in total. The second-order valence-electron chi connectivity index (χ2n) is 4.48. The molecule has 110 valence electrons. The van der Waals surface area contributed by atoms with Crippen molar-refractivity contribution in [3.63, 3.8) is 0 Å². The van der Waals surface area contributed by atoms with Gasteiger partial charge in [0.05, 0.1) is 11.7 Å². The lowest BCUT2D eigenvalue weighted by atomic mass is 10.2. The maximum Gasteiger partial charge on any atom is 0.304 e. The van der Waals surface area contributed by atoms with Crippen LogP contribution in [-0.4, -0.2) is 36.4 Å². The fraction of sp³-hybridized carbons (Fsp3) is 0.385. The van der Waals surface area contributed by atoms with E-state index in [1.165, 1.54) is 6.92 Å². The first-order valence-electron chi connectivity index (χ1n) is 6.05. The summed E-state index contributed by atoms with van der Waals surface area (Å²) in [6, 6.07) is 9.08. The van der Waals surface area contributed by atoms with Crippen LogP contribution in [0.4, 0.5) is 0 Å². The minimum absolute atomic E-state index is 0.239. The molecule has 0 aliphatic heterocycles. The highest BCUT2D eigenvalue weighted by atomic mass is 32.2. The van der Waals surface area contributed by atoms with Crippen LogP contribution in [0.5, 0.6) is 0 Å². The Morgan fingerprint density at radius 3 is 2.40 bits per heavy atom. The molecule has 7 heteroatoms. The summed E-state index contributed by atoms with van der Waals surface area (Å²) < 4.78 is 23.5. The molecule has 0 aliphatic rings. The molecule has 1 atom stereocenters. The summed E-state index contributed by atoms with van der Waals surface area (Å²) in [4.78, 5) is 22.1. The van der Waals surface area contributed by atoms with E-state index < -0.39 is 39.1 Å². The van der Waals surface area contributed by atoms with Gasteiger partial charge in [-0.1, -0.05) is 30.3 Å². The quantitative estimate of drug-likeness (QED) is 0.767. The summed E-state index contributed by atoms with van der Waals surface area (Å²) >= 11 is 0. The predicted octanol–water partition coefficient (Wildman–Crippen LogP) is 0.581. The van der Waals surface area contributed by atoms with E-state index in [1.54, 1.807) is 0 Å². The van der Waals surface area contributed by atoms with Crippen molar-refractivity contribution in [1.82, 2.24) is 5.32 Å². The van der Waals surface area contributed by atoms with Gasteiger partial charge in [-0.15, -0.1) is 0 Å². The molecule has 0 radical (unpaired) electrons. The number of sulfone groups is 1. The molecular formula is C13H17NO5S. The molecule has 0 aromatic heterocycles. The number of amides is 1. The number of aliphatic carboxylic acids is 1. The second kappa shape index (κ2) is 7.04. The Balaban J connectivity index is 2.51. The molecule has 1 aromatic rings. The van der Waals surface area contributed by atoms with Gasteiger partial charge >= 0.3 is 5.97 Å². The van der Waals surface area contributed by atoms with Gasteiger partial charge in [-0.2, -0.15) is 0 Å². The summed E-state index contributed by atoms with van der Waals surface area (Å²) in [5.41, 5.74) is 0.858. The highest BCUT2D eigenvalue weighted by Gasteiger charge is 2.26. The normalized spacial score (nSPS) is 12.7. The highest BCUT2D eigenvalue weighted by Crippen LogP contribution is 2.07. The van der Waals surface area contributed by atoms with Crippen LogP contribution >= 0.6 is 0 Å². The molecular weight excluding hydrogens is 282 g/mol. The zero-order valence-electron chi connectivity index (χ0n) is 11.1. The fourth-order valence-electron chi connectivity index (χ4n) is 1.55. The maximum absolute atomic E-state index is 11.8. The predicted molar refractivity (Wildman–Crippen MR) is 73.8 cm³/mol. The summed E-state index contributed by atoms with van der Waals surface area (Å²) in [6.07, 6.45) is -0.506. The van der Waals surface area contributed by atoms with Crippen molar-refractivity contribution >= 4 is 21.7 Å². The zero-order chi connectivity index (χ0) is 15.2. The van der Waals surface area contributed by atoms with Gasteiger partial charge in [0, 0.05) is 6.54 Å². The Labute approximate surface area is 117 Å². The van der Waals surface area contributed by atoms with Crippen molar-refractivity contribution in [2.75, 3.05) is 5.75 Å². The van der Waals surface area contributed by atoms with E-state index in [-0.39, 0.29) is 6.54 Å². The molecule has 2 N–H and O–H groups in total. The largest absolute Gasteiger partial charge is 0.481 e. The molecule has 0 saturated heterocycles. The number of nitrogens with one attached hydrogen (secondary N) is 1. The molecule has 0 aliphatic carbocycles. The average Bonchev–Trinajstić information content (AvgIpc) is 2.36. The van der Waals surface area contributed by atoms with E-state index >= 15 is 0 Å². The zero-order valence-corrected chi connectivity index (χ0v) is 11.9. The standard InChI is InChI=1S/C13H17NO5S/c1-10(7-13(16)17)20(18,19)9-12(15)14-8-11-5-3-2-4-6-11/h2-6,10H,7-9H2,1H3,(H,14,15)(H,16,17). The van der Waals surface area contributed by atoms with Crippen LogP contribution in [0.1, 0.15) is 18.9 Å². The van der Waals surface area contributed by atoms with Gasteiger partial charge < -0.3 is 10.4 Å². The van der Waals surface area contributed by atoms with Crippen LogP contribution in [0.15, 0.2) is 30.3 Å². The van der Waals surface area contributed by atoms with E-state index in [4.69, 9.17) is 5.11 Å². The van der Waals surface area contributed by atoms with E-state index in [1.807, 2.05) is 30.3 Å². The number of carbonyl (C=O) groups is 2. The number of carbonyl (C=O) groups excluding carboxylic acids is 1. The van der Waals surface area contributed by atoms with Crippen LogP contribution in [0.25, 0.3) is 0 Å². The lowest BCUT2D eigenvalue weighted by molar-refractivity contribution is -0.137. The van der Waals surface area contributed by atoms with Crippen molar-refractivity contribution in [3.05, 3.63) is 35.9 Å². The Hall–Kier alpha value is -1.89. The molecule has 1 rings (SSSR count). The van der Waals surface area contributed by atoms with E-state index in [0.29, 0.717) is 0 Å². The third kappa shape index (κ3) is 5.40. The number of hydrogen-bond donors (Lipinski definition) is 2. The Bertz CT molecular complexity index is 568. The maximum atomic E-state index is 11.8. The lowest BCUT2D eigenvalue weighted by Crippen LogP contribution is -2.34. The first kappa shape index (κ1) is 16.2. The Kier molecular flexibility index (Phi) is 5.69. The van der Waals surface area contributed by atoms with Gasteiger partial charge in [0.1, 0.15) is 5.75 Å². The first-order valence-corrected chi connectivity index (χ1v) is 7.77. The fourth-order valence-corrected chi connectivity index (χ4v) is 2.69. The average molecular weight is 299 g/mol. The second-order valence-corrected chi connectivity index (χ2v) is 6.90. The molecule has 20 heavy (non-hydrogen) atoms. The number of rotatable bonds is 7. The van der Waals surface area contributed by atoms with Crippen molar-refractivity contribution in [2.45, 2.75) is 25.1 Å². The Morgan fingerprint density at radius 1 is 1.25 bits per heavy atom. The van der Waals surface area contributed by atoms with Crippen LogP contribution < -0.4 is 5.32 Å². The third-order valence-electron chi connectivity index (χ3n) is 2.74. The molecule has 0 saturated carbocycles. The van der Waals surface area contributed by atoms with Crippen molar-refractivity contribution < 1.29 is 23.1 Å². The van der Waals surface area contributed by atoms with E-state index in [2.05, 4.69) is 5.32 Å². The SMILES string of the molecule is CC(CC(=O)O)S(=O)(=O)CC(=O)NCc1ccccc1. The van der Waals surface area contributed by atoms with Crippen LogP contribution in [0.2, 0.25) is 0 Å². The van der Waals surface area contributed by atoms with Gasteiger partial charge in [-0.05, 0) is 12.5 Å². The number of carboxylic acid groups (broad SMARTS) is 1. The van der Waals surface area contributed by atoms with Crippen molar-refractivity contribution in [3.8, 4) is 0 Å². The number of benzene rings is 1. The lowest BCUT2D eigenvalue weighted by Gasteiger charge is -2.11. The van der Waals surface area contributed by atoms with Crippen LogP contribution in [0, 0.1) is 0 Å². The summed E-state index contributed by atoms with van der Waals surface area (Å²) in [7, 11) is -3.75. The minimum Gasteiger partial charge on any atom is -0.481 e. The van der Waals surface area contributed by atoms with Gasteiger partial charge in [-0.25, -0.2) is 8.42 Å². The van der Waals surface area contributed by atoms with E-state index in [9.17, 15) is 18.0 Å². The smallest absolute Gasteiger partial charge is 0.304 e. The van der Waals surface area contributed by atoms with Crippen LogP contribution in [-0.2, 0) is 26.0 Å². The summed E-state index contributed by atoms with van der Waals surface area (Å²) in [6.45, 7) is 1.52. The van der Waals surface area contributed by atoms with Crippen molar-refractivity contribution in [1.29, 1.82) is 0 Å². The van der Waals surface area contributed by atoms with Crippen molar-refractivity contribution in [2.24, 2.45) is 0 Å². The molecule has 0 spiro atoms. The topological polar surface area (TPSA) is 101 Å². The monoisotopic (exact) mass is 299 g/mol. The number of carboxylic acids is 1. The highest BCUT2D eigenvalue weighted by molar-refractivity contribution is 7.92. The first-order chi connectivity index (χ1) is 9.31. The molecule has 0 fully saturated rings.